The summed E-state index contributed by atoms with van der Waals surface area (Å²) in [5, 5.41) is 23.0. The zero-order chi connectivity index (χ0) is 26.8. The third kappa shape index (κ3) is 4.78. The first-order valence-electron chi connectivity index (χ1n) is 12.7. The second-order valence-corrected chi connectivity index (χ2v) is 9.35. The normalized spacial score (nSPS) is 11.3. The molecular weight excluding hydrogens is 490 g/mol. The number of rotatable bonds is 9. The highest BCUT2D eigenvalue weighted by atomic mass is 16.5. The predicted molar refractivity (Wildman–Crippen MR) is 153 cm³/mol. The summed E-state index contributed by atoms with van der Waals surface area (Å²) in [5.41, 5.74) is 6.84. The number of methoxy groups -OCH3 is 2. The van der Waals surface area contributed by atoms with Gasteiger partial charge in [0.05, 0.1) is 37.6 Å². The van der Waals surface area contributed by atoms with Gasteiger partial charge >= 0.3 is 0 Å². The second kappa shape index (κ2) is 10.5. The zero-order valence-electron chi connectivity index (χ0n) is 21.8. The number of ether oxygens (including phenoxy) is 2. The van der Waals surface area contributed by atoms with Gasteiger partial charge in [0.1, 0.15) is 17.3 Å². The van der Waals surface area contributed by atoms with Crippen LogP contribution in [-0.2, 0) is 19.7 Å². The Labute approximate surface area is 225 Å². The minimum atomic E-state index is -0.0868. The summed E-state index contributed by atoms with van der Waals surface area (Å²) >= 11 is 0. The summed E-state index contributed by atoms with van der Waals surface area (Å²) in [7, 11) is 3.32. The van der Waals surface area contributed by atoms with Crippen LogP contribution >= 0.6 is 0 Å². The number of aromatic nitrogens is 4. The zero-order valence-corrected chi connectivity index (χ0v) is 21.8. The van der Waals surface area contributed by atoms with Crippen molar-refractivity contribution in [2.45, 2.75) is 19.7 Å². The van der Waals surface area contributed by atoms with E-state index in [0.29, 0.717) is 13.1 Å². The number of fused-ring (bicyclic) bond motifs is 3. The van der Waals surface area contributed by atoms with Gasteiger partial charge in [0.15, 0.2) is 0 Å². The van der Waals surface area contributed by atoms with Crippen molar-refractivity contribution in [1.29, 1.82) is 0 Å². The molecule has 0 amide bonds. The van der Waals surface area contributed by atoms with Crippen LogP contribution in [0.1, 0.15) is 16.8 Å². The SMILES string of the molecule is COc1ccc(CNc2nc3cc(-c4ccn[nH]4)ccc3c3c2cc(CO)n3Cc2ccc(OC)cc2)cc1. The summed E-state index contributed by atoms with van der Waals surface area (Å²) in [5.74, 6) is 2.39. The van der Waals surface area contributed by atoms with Crippen LogP contribution in [-0.4, -0.2) is 39.1 Å². The Hall–Kier alpha value is -4.82. The highest BCUT2D eigenvalue weighted by molar-refractivity contribution is 6.10. The fourth-order valence-electron chi connectivity index (χ4n) is 4.95. The van der Waals surface area contributed by atoms with Gasteiger partial charge < -0.3 is 24.5 Å². The predicted octanol–water partition coefficient (Wildman–Crippen LogP) is 5.75. The van der Waals surface area contributed by atoms with Gasteiger partial charge in [0.2, 0.25) is 0 Å². The first-order valence-corrected chi connectivity index (χ1v) is 12.7. The fraction of sp³-hybridized carbons (Fsp3) is 0.161. The molecule has 8 nitrogen and oxygen atoms in total. The Morgan fingerprint density at radius 1 is 0.846 bits per heavy atom. The maximum absolute atomic E-state index is 10.4. The van der Waals surface area contributed by atoms with Crippen LogP contribution in [0, 0.1) is 0 Å². The standard InChI is InChI=1S/C31H29N5O3/c1-38-24-8-3-20(4-9-24)17-32-31-27-16-23(19-37)36(18-21-5-10-25(39-2)11-6-21)30(27)26-12-7-22(15-29(26)34-31)28-13-14-33-35-28/h3-16,37H,17-19H2,1-2H3,(H,32,34)(H,33,35). The van der Waals surface area contributed by atoms with Crippen LogP contribution in [0.3, 0.4) is 0 Å². The molecule has 0 fully saturated rings. The van der Waals surface area contributed by atoms with Crippen LogP contribution in [0.5, 0.6) is 11.5 Å². The maximum Gasteiger partial charge on any atom is 0.136 e. The van der Waals surface area contributed by atoms with Gasteiger partial charge in [-0.25, -0.2) is 4.98 Å². The molecule has 0 saturated heterocycles. The maximum atomic E-state index is 10.4. The van der Waals surface area contributed by atoms with Crippen molar-refractivity contribution in [3.8, 4) is 22.8 Å². The molecule has 39 heavy (non-hydrogen) atoms. The quantitative estimate of drug-likeness (QED) is 0.225. The molecule has 6 rings (SSSR count). The van der Waals surface area contributed by atoms with E-state index in [2.05, 4.69) is 38.3 Å². The smallest absolute Gasteiger partial charge is 0.136 e. The number of aliphatic hydroxyl groups is 1. The van der Waals surface area contributed by atoms with E-state index < -0.39 is 0 Å². The van der Waals surface area contributed by atoms with Crippen molar-refractivity contribution in [3.05, 3.63) is 102 Å². The molecule has 0 bridgehead atoms. The van der Waals surface area contributed by atoms with Gasteiger partial charge in [-0.15, -0.1) is 0 Å². The molecule has 196 valence electrons. The van der Waals surface area contributed by atoms with Crippen molar-refractivity contribution in [1.82, 2.24) is 19.7 Å². The highest BCUT2D eigenvalue weighted by Gasteiger charge is 2.18. The molecular formula is C31H29N5O3. The molecule has 0 saturated carbocycles. The third-order valence-electron chi connectivity index (χ3n) is 7.02. The lowest BCUT2D eigenvalue weighted by molar-refractivity contribution is 0.272. The van der Waals surface area contributed by atoms with Gasteiger partial charge in [0.25, 0.3) is 0 Å². The Bertz CT molecular complexity index is 1720. The Kier molecular flexibility index (Phi) is 6.61. The lowest BCUT2D eigenvalue weighted by Crippen LogP contribution is -2.06. The van der Waals surface area contributed by atoms with Gasteiger partial charge in [-0.05, 0) is 53.6 Å². The molecule has 6 aromatic rings. The van der Waals surface area contributed by atoms with Gasteiger partial charge in [-0.3, -0.25) is 5.10 Å². The number of hydrogen-bond donors (Lipinski definition) is 3. The van der Waals surface area contributed by atoms with Crippen molar-refractivity contribution < 1.29 is 14.6 Å². The number of nitrogens with zero attached hydrogens (tertiary/aromatic N) is 3. The first-order chi connectivity index (χ1) is 19.2. The van der Waals surface area contributed by atoms with Crippen LogP contribution in [0.2, 0.25) is 0 Å². The van der Waals surface area contributed by atoms with E-state index in [1.165, 1.54) is 0 Å². The Morgan fingerprint density at radius 2 is 1.56 bits per heavy atom. The monoisotopic (exact) mass is 519 g/mol. The molecule has 3 heterocycles. The largest absolute Gasteiger partial charge is 0.497 e. The van der Waals surface area contributed by atoms with Crippen LogP contribution in [0.25, 0.3) is 33.1 Å². The van der Waals surface area contributed by atoms with E-state index in [-0.39, 0.29) is 6.61 Å². The summed E-state index contributed by atoms with van der Waals surface area (Å²) in [6.45, 7) is 1.11. The van der Waals surface area contributed by atoms with Crippen molar-refractivity contribution in [3.63, 3.8) is 0 Å². The summed E-state index contributed by atoms with van der Waals surface area (Å²) in [4.78, 5) is 5.06. The number of aliphatic hydroxyl groups excluding tert-OH is 1. The van der Waals surface area contributed by atoms with E-state index in [1.54, 1.807) is 20.4 Å². The fourth-order valence-corrected chi connectivity index (χ4v) is 4.95. The molecule has 8 heteroatoms. The summed E-state index contributed by atoms with van der Waals surface area (Å²) in [6.07, 6.45) is 1.74. The molecule has 0 aliphatic heterocycles. The average Bonchev–Trinajstić information content (AvgIpc) is 3.65. The number of anilines is 1. The second-order valence-electron chi connectivity index (χ2n) is 9.35. The molecule has 0 aliphatic rings. The molecule has 0 radical (unpaired) electrons. The lowest BCUT2D eigenvalue weighted by Gasteiger charge is -2.14. The molecule has 0 atom stereocenters. The van der Waals surface area contributed by atoms with Crippen molar-refractivity contribution in [2.24, 2.45) is 0 Å². The summed E-state index contributed by atoms with van der Waals surface area (Å²) in [6, 6.07) is 26.2. The Balaban J connectivity index is 1.49. The minimum absolute atomic E-state index is 0.0868. The number of aromatic amines is 1. The van der Waals surface area contributed by atoms with Crippen molar-refractivity contribution >= 4 is 27.6 Å². The minimum Gasteiger partial charge on any atom is -0.497 e. The van der Waals surface area contributed by atoms with Crippen LogP contribution < -0.4 is 14.8 Å². The van der Waals surface area contributed by atoms with E-state index in [1.807, 2.05) is 60.7 Å². The molecule has 3 aromatic carbocycles. The van der Waals surface area contributed by atoms with Gasteiger partial charge in [-0.1, -0.05) is 36.4 Å². The summed E-state index contributed by atoms with van der Waals surface area (Å²) < 4.78 is 12.8. The topological polar surface area (TPSA) is 97.2 Å². The highest BCUT2D eigenvalue weighted by Crippen LogP contribution is 2.35. The van der Waals surface area contributed by atoms with Gasteiger partial charge in [0, 0.05) is 41.3 Å². The number of benzene rings is 3. The molecule has 3 N–H and O–H groups in total. The van der Waals surface area contributed by atoms with E-state index in [4.69, 9.17) is 14.5 Å². The average molecular weight is 520 g/mol. The Morgan fingerprint density at radius 3 is 2.21 bits per heavy atom. The van der Waals surface area contributed by atoms with E-state index in [0.717, 1.165) is 67.2 Å². The van der Waals surface area contributed by atoms with E-state index in [9.17, 15) is 5.11 Å². The number of H-pyrrole nitrogens is 1. The molecule has 3 aromatic heterocycles. The van der Waals surface area contributed by atoms with Gasteiger partial charge in [-0.2, -0.15) is 5.10 Å². The molecule has 0 spiro atoms. The number of nitrogens with one attached hydrogen (secondary N) is 2. The van der Waals surface area contributed by atoms with E-state index >= 15 is 0 Å². The lowest BCUT2D eigenvalue weighted by atomic mass is 10.1. The van der Waals surface area contributed by atoms with Crippen LogP contribution in [0.15, 0.2) is 85.1 Å². The molecule has 0 aliphatic carbocycles. The molecule has 0 unspecified atom stereocenters. The van der Waals surface area contributed by atoms with Crippen molar-refractivity contribution in [2.75, 3.05) is 19.5 Å². The number of hydrogen-bond acceptors (Lipinski definition) is 6. The first kappa shape index (κ1) is 24.5. The van der Waals surface area contributed by atoms with Crippen LogP contribution in [0.4, 0.5) is 5.82 Å². The third-order valence-corrected chi connectivity index (χ3v) is 7.02. The number of pyridine rings is 1.